The van der Waals surface area contributed by atoms with Crippen LogP contribution in [0.3, 0.4) is 0 Å². The first-order valence-corrected chi connectivity index (χ1v) is 14.0. The van der Waals surface area contributed by atoms with Gasteiger partial charge in [0, 0.05) is 11.2 Å². The molecule has 10 nitrogen and oxygen atoms in total. The fraction of sp³-hybridized carbons (Fsp3) is 0.367. The van der Waals surface area contributed by atoms with Gasteiger partial charge in [-0.2, -0.15) is 0 Å². The first-order valence-electron chi connectivity index (χ1n) is 13.6. The van der Waals surface area contributed by atoms with Crippen LogP contribution >= 0.6 is 11.6 Å². The number of unbranched alkanes of at least 4 members (excludes halogenated alkanes) is 2. The molecule has 41 heavy (non-hydrogen) atoms. The summed E-state index contributed by atoms with van der Waals surface area (Å²) in [7, 11) is 0. The Kier molecular flexibility index (Phi) is 11.9. The van der Waals surface area contributed by atoms with E-state index in [1.54, 1.807) is 42.5 Å². The Morgan fingerprint density at radius 1 is 1.00 bits per heavy atom. The smallest absolute Gasteiger partial charge is 0.319 e. The van der Waals surface area contributed by atoms with Gasteiger partial charge in [0.2, 0.25) is 0 Å². The number of anilines is 1. The minimum absolute atomic E-state index is 0.115. The average Bonchev–Trinajstić information content (AvgIpc) is 2.94. The largest absolute Gasteiger partial charge is 0.505 e. The van der Waals surface area contributed by atoms with E-state index in [0.717, 1.165) is 25.7 Å². The third kappa shape index (κ3) is 9.18. The van der Waals surface area contributed by atoms with Crippen LogP contribution < -0.4 is 25.7 Å². The number of pyridine rings is 1. The van der Waals surface area contributed by atoms with Gasteiger partial charge in [-0.15, -0.1) is 0 Å². The van der Waals surface area contributed by atoms with E-state index in [2.05, 4.69) is 17.6 Å². The average molecular weight is 586 g/mol. The van der Waals surface area contributed by atoms with Crippen LogP contribution in [0.25, 0.3) is 0 Å². The van der Waals surface area contributed by atoms with Gasteiger partial charge in [0.15, 0.2) is 17.2 Å². The number of nitrogens with zero attached hydrogens (tertiary/aromatic N) is 1. The lowest BCUT2D eigenvalue weighted by molar-refractivity contribution is -0.137. The van der Waals surface area contributed by atoms with E-state index in [0.29, 0.717) is 40.9 Å². The van der Waals surface area contributed by atoms with Gasteiger partial charge in [-0.3, -0.25) is 9.59 Å². The predicted molar refractivity (Wildman–Crippen MR) is 157 cm³/mol. The summed E-state index contributed by atoms with van der Waals surface area (Å²) in [6.45, 7) is 5.18. The quantitative estimate of drug-likeness (QED) is 0.162. The lowest BCUT2D eigenvalue weighted by Crippen LogP contribution is -2.36. The number of aromatic hydroxyl groups is 1. The predicted octanol–water partition coefficient (Wildman–Crippen LogP) is 5.95. The number of halogens is 1. The number of aliphatic carboxylic acids is 1. The molecule has 0 aliphatic heterocycles. The Morgan fingerprint density at radius 2 is 1.68 bits per heavy atom. The normalized spacial score (nSPS) is 11.5. The molecule has 0 spiro atoms. The van der Waals surface area contributed by atoms with Crippen molar-refractivity contribution in [2.45, 2.75) is 58.5 Å². The van der Waals surface area contributed by atoms with Crippen molar-refractivity contribution < 1.29 is 29.3 Å². The summed E-state index contributed by atoms with van der Waals surface area (Å²) in [5, 5.41) is 25.3. The highest BCUT2D eigenvalue weighted by atomic mass is 35.5. The third-order valence-corrected chi connectivity index (χ3v) is 6.61. The van der Waals surface area contributed by atoms with Crippen molar-refractivity contribution >= 4 is 29.3 Å². The maximum Gasteiger partial charge on any atom is 0.319 e. The molecule has 1 heterocycles. The second-order valence-corrected chi connectivity index (χ2v) is 9.87. The van der Waals surface area contributed by atoms with E-state index in [1.165, 1.54) is 16.8 Å². The number of ether oxygens (including phenoxy) is 2. The van der Waals surface area contributed by atoms with Crippen molar-refractivity contribution in [1.29, 1.82) is 0 Å². The van der Waals surface area contributed by atoms with Gasteiger partial charge in [0.05, 0.1) is 32.2 Å². The summed E-state index contributed by atoms with van der Waals surface area (Å²) in [5.74, 6) is -0.592. The number of amides is 2. The van der Waals surface area contributed by atoms with Crippen molar-refractivity contribution in [2.75, 3.05) is 18.5 Å². The molecule has 0 unspecified atom stereocenters. The van der Waals surface area contributed by atoms with Crippen molar-refractivity contribution in [1.82, 2.24) is 9.88 Å². The molecular formula is C30H36ClN3O7. The number of hydrogen-bond acceptors (Lipinski definition) is 6. The van der Waals surface area contributed by atoms with Gasteiger partial charge < -0.3 is 34.9 Å². The van der Waals surface area contributed by atoms with Gasteiger partial charge >= 0.3 is 12.0 Å². The van der Waals surface area contributed by atoms with Crippen LogP contribution in [0.15, 0.2) is 59.5 Å². The monoisotopic (exact) mass is 585 g/mol. The zero-order chi connectivity index (χ0) is 29.8. The number of urea groups is 1. The van der Waals surface area contributed by atoms with E-state index in [4.69, 9.17) is 21.1 Å². The molecular weight excluding hydrogens is 550 g/mol. The molecule has 1 atom stereocenters. The summed E-state index contributed by atoms with van der Waals surface area (Å²) < 4.78 is 13.1. The summed E-state index contributed by atoms with van der Waals surface area (Å²) >= 11 is 6.22. The number of rotatable bonds is 15. The van der Waals surface area contributed by atoms with Crippen LogP contribution in [0.4, 0.5) is 10.5 Å². The van der Waals surface area contributed by atoms with Crippen LogP contribution in [0.5, 0.6) is 17.2 Å². The van der Waals surface area contributed by atoms with E-state index in [-0.39, 0.29) is 12.2 Å². The van der Waals surface area contributed by atoms with Crippen molar-refractivity contribution in [3.63, 3.8) is 0 Å². The SMILES string of the molecule is CCCCOc1ccc([C@H](CC(=O)O)NC(=O)Nc2c(O)ccn(Cc3ccccc3Cl)c2=O)cc1OCCCC. The molecule has 0 aliphatic rings. The third-order valence-electron chi connectivity index (χ3n) is 6.25. The number of aromatic nitrogens is 1. The Bertz CT molecular complexity index is 1390. The van der Waals surface area contributed by atoms with Gasteiger partial charge in [-0.25, -0.2) is 4.79 Å². The number of carbonyl (C=O) groups is 2. The standard InChI is InChI=1S/C30H36ClN3O7/c1-3-5-15-40-25-12-11-20(17-26(25)41-16-6-4-2)23(18-27(36)37)32-30(39)33-28-24(35)13-14-34(29(28)38)19-21-9-7-8-10-22(21)31/h7-14,17,23,35H,3-6,15-16,18-19H2,1-2H3,(H,36,37)(H2,32,33,39)/t23-/m0/s1. The Labute approximate surface area is 243 Å². The maximum absolute atomic E-state index is 13.1. The van der Waals surface area contributed by atoms with Gasteiger partial charge in [-0.05, 0) is 48.2 Å². The molecule has 0 radical (unpaired) electrons. The van der Waals surface area contributed by atoms with E-state index >= 15 is 0 Å². The summed E-state index contributed by atoms with van der Waals surface area (Å²) in [4.78, 5) is 37.8. The van der Waals surface area contributed by atoms with Crippen LogP contribution in [0.2, 0.25) is 5.02 Å². The molecule has 1 aromatic heterocycles. The minimum atomic E-state index is -1.14. The number of nitrogens with one attached hydrogen (secondary N) is 2. The minimum Gasteiger partial charge on any atom is -0.505 e. The van der Waals surface area contributed by atoms with Gasteiger partial charge in [0.1, 0.15) is 5.75 Å². The van der Waals surface area contributed by atoms with Gasteiger partial charge in [-0.1, -0.05) is 62.6 Å². The fourth-order valence-electron chi connectivity index (χ4n) is 3.98. The Hall–Kier alpha value is -4.18. The molecule has 4 N–H and O–H groups in total. The lowest BCUT2D eigenvalue weighted by atomic mass is 10.0. The highest BCUT2D eigenvalue weighted by Gasteiger charge is 2.22. The van der Waals surface area contributed by atoms with Crippen LogP contribution in [-0.2, 0) is 11.3 Å². The molecule has 0 aliphatic carbocycles. The fourth-order valence-corrected chi connectivity index (χ4v) is 4.17. The number of hydrogen-bond donors (Lipinski definition) is 4. The number of carbonyl (C=O) groups excluding carboxylic acids is 1. The molecule has 0 bridgehead atoms. The van der Waals surface area contributed by atoms with Crippen LogP contribution in [-0.4, -0.2) is 40.0 Å². The molecule has 11 heteroatoms. The second kappa shape index (κ2) is 15.6. The molecule has 3 aromatic rings. The molecule has 0 fully saturated rings. The maximum atomic E-state index is 13.1. The molecule has 0 saturated carbocycles. The van der Waals surface area contributed by atoms with E-state index in [1.807, 2.05) is 6.92 Å². The van der Waals surface area contributed by atoms with E-state index < -0.39 is 35.8 Å². The first kappa shape index (κ1) is 31.3. The summed E-state index contributed by atoms with van der Waals surface area (Å²) in [6, 6.07) is 11.5. The lowest BCUT2D eigenvalue weighted by Gasteiger charge is -2.20. The molecule has 2 aromatic carbocycles. The van der Waals surface area contributed by atoms with E-state index in [9.17, 15) is 24.6 Å². The van der Waals surface area contributed by atoms with Crippen molar-refractivity contribution in [3.8, 4) is 17.2 Å². The van der Waals surface area contributed by atoms with Gasteiger partial charge in [0.25, 0.3) is 5.56 Å². The van der Waals surface area contributed by atoms with Crippen LogP contribution in [0, 0.1) is 0 Å². The summed E-state index contributed by atoms with van der Waals surface area (Å²) in [6.07, 6.45) is 4.54. The molecule has 2 amide bonds. The molecule has 3 rings (SSSR count). The number of benzene rings is 2. The summed E-state index contributed by atoms with van der Waals surface area (Å²) in [5.41, 5.74) is 0.146. The molecule has 220 valence electrons. The zero-order valence-corrected chi connectivity index (χ0v) is 23.9. The number of carboxylic acid groups (broad SMARTS) is 1. The Morgan fingerprint density at radius 3 is 2.34 bits per heavy atom. The van der Waals surface area contributed by atoms with Crippen LogP contribution in [0.1, 0.15) is 63.1 Å². The zero-order valence-electron chi connectivity index (χ0n) is 23.2. The second-order valence-electron chi connectivity index (χ2n) is 9.46. The van der Waals surface area contributed by atoms with Crippen molar-refractivity contribution in [3.05, 3.63) is 81.2 Å². The molecule has 0 saturated heterocycles. The highest BCUT2D eigenvalue weighted by molar-refractivity contribution is 6.31. The first-order chi connectivity index (χ1) is 19.7. The number of carboxylic acids is 1. The van der Waals surface area contributed by atoms with Crippen molar-refractivity contribution in [2.24, 2.45) is 0 Å². The topological polar surface area (TPSA) is 139 Å². The Balaban J connectivity index is 1.83. The highest BCUT2D eigenvalue weighted by Crippen LogP contribution is 2.32.